The van der Waals surface area contributed by atoms with E-state index < -0.39 is 0 Å². The fraction of sp³-hybridized carbons (Fsp3) is 0.231. The summed E-state index contributed by atoms with van der Waals surface area (Å²) in [5, 5.41) is 3.02. The van der Waals surface area contributed by atoms with Crippen LogP contribution in [0.2, 0.25) is 0 Å². The first-order valence-electron chi connectivity index (χ1n) is 5.30. The minimum Gasteiger partial charge on any atom is -0.379 e. The summed E-state index contributed by atoms with van der Waals surface area (Å²) in [5.41, 5.74) is 1.95. The Kier molecular flexibility index (Phi) is 5.07. The smallest absolute Gasteiger partial charge is 0.146 e. The lowest BCUT2D eigenvalue weighted by molar-refractivity contribution is 0.589. The summed E-state index contributed by atoms with van der Waals surface area (Å²) in [6.07, 6.45) is 5.15. The van der Waals surface area contributed by atoms with Gasteiger partial charge >= 0.3 is 0 Å². The van der Waals surface area contributed by atoms with Crippen LogP contribution in [-0.4, -0.2) is 18.2 Å². The Bertz CT molecular complexity index is 450. The fourth-order valence-corrected chi connectivity index (χ4v) is 1.31. The molecule has 4 heteroatoms. The van der Waals surface area contributed by atoms with Crippen molar-refractivity contribution in [2.75, 3.05) is 7.05 Å². The van der Waals surface area contributed by atoms with Crippen molar-refractivity contribution in [1.82, 2.24) is 10.3 Å². The van der Waals surface area contributed by atoms with Crippen molar-refractivity contribution in [2.45, 2.75) is 13.5 Å². The van der Waals surface area contributed by atoms with Crippen molar-refractivity contribution in [1.29, 1.82) is 0 Å². The van der Waals surface area contributed by atoms with E-state index in [1.165, 1.54) is 6.07 Å². The van der Waals surface area contributed by atoms with E-state index in [1.807, 2.05) is 13.0 Å². The molecule has 0 saturated carbocycles. The van der Waals surface area contributed by atoms with E-state index in [2.05, 4.69) is 21.9 Å². The minimum absolute atomic E-state index is 0.306. The normalized spacial score (nSPS) is 11.8. The van der Waals surface area contributed by atoms with E-state index in [4.69, 9.17) is 0 Å². The number of halogens is 1. The molecular weight excluding hydrogens is 217 g/mol. The van der Waals surface area contributed by atoms with E-state index in [9.17, 15) is 4.39 Å². The number of nitrogens with zero attached hydrogens (tertiary/aromatic N) is 2. The van der Waals surface area contributed by atoms with Gasteiger partial charge in [0.1, 0.15) is 5.82 Å². The molecule has 17 heavy (non-hydrogen) atoms. The van der Waals surface area contributed by atoms with Crippen molar-refractivity contribution in [3.05, 3.63) is 53.8 Å². The highest BCUT2D eigenvalue weighted by atomic mass is 19.1. The molecule has 0 amide bonds. The van der Waals surface area contributed by atoms with Gasteiger partial charge in [-0.2, -0.15) is 0 Å². The molecular formula is C13H16FN3. The quantitative estimate of drug-likeness (QED) is 0.626. The van der Waals surface area contributed by atoms with E-state index in [0.29, 0.717) is 17.9 Å². The molecule has 90 valence electrons. The first-order chi connectivity index (χ1) is 8.19. The van der Waals surface area contributed by atoms with Crippen LogP contribution < -0.4 is 5.32 Å². The lowest BCUT2D eigenvalue weighted by Gasteiger charge is -2.09. The first-order valence-corrected chi connectivity index (χ1v) is 5.30. The molecule has 0 aliphatic heterocycles. The molecule has 0 radical (unpaired) electrons. The van der Waals surface area contributed by atoms with Crippen LogP contribution in [-0.2, 0) is 6.54 Å². The van der Waals surface area contributed by atoms with Crippen LogP contribution in [0.15, 0.2) is 47.2 Å². The zero-order valence-electron chi connectivity index (χ0n) is 10.1. The number of aromatic nitrogens is 1. The standard InChI is InChI=1S/C13H16FN3/c1-4-11(8-15-3)10(2)17-9-13-12(14)6-5-7-16-13/h4-8,17H,2,9H2,1,3H3/b11-4+,15-8-. The summed E-state index contributed by atoms with van der Waals surface area (Å²) in [6, 6.07) is 2.95. The van der Waals surface area contributed by atoms with Crippen molar-refractivity contribution in [3.63, 3.8) is 0 Å². The third-order valence-corrected chi connectivity index (χ3v) is 2.23. The van der Waals surface area contributed by atoms with Gasteiger partial charge in [0.05, 0.1) is 12.2 Å². The Hall–Kier alpha value is -1.97. The van der Waals surface area contributed by atoms with Crippen LogP contribution in [0.25, 0.3) is 0 Å². The molecule has 0 atom stereocenters. The molecule has 0 aliphatic carbocycles. The van der Waals surface area contributed by atoms with E-state index >= 15 is 0 Å². The average Bonchev–Trinajstić information content (AvgIpc) is 2.34. The van der Waals surface area contributed by atoms with E-state index in [0.717, 1.165) is 5.57 Å². The van der Waals surface area contributed by atoms with Gasteiger partial charge in [0.25, 0.3) is 0 Å². The number of nitrogens with one attached hydrogen (secondary N) is 1. The van der Waals surface area contributed by atoms with E-state index in [-0.39, 0.29) is 5.82 Å². The second-order valence-electron chi connectivity index (χ2n) is 3.40. The molecule has 0 spiro atoms. The topological polar surface area (TPSA) is 37.3 Å². The molecule has 1 heterocycles. The maximum atomic E-state index is 13.3. The van der Waals surface area contributed by atoms with E-state index in [1.54, 1.807) is 25.5 Å². The number of rotatable bonds is 5. The van der Waals surface area contributed by atoms with Crippen LogP contribution >= 0.6 is 0 Å². The summed E-state index contributed by atoms with van der Waals surface area (Å²) in [6.45, 7) is 6.07. The van der Waals surface area contributed by atoms with Crippen molar-refractivity contribution in [3.8, 4) is 0 Å². The Balaban J connectivity index is 2.63. The SMILES string of the molecule is C=C(NCc1ncccc1F)C(/C=N\C)=C/C. The molecule has 1 N–H and O–H groups in total. The summed E-state index contributed by atoms with van der Waals surface area (Å²) in [5.74, 6) is -0.320. The van der Waals surface area contributed by atoms with Gasteiger partial charge in [-0.25, -0.2) is 4.39 Å². The molecule has 1 rings (SSSR count). The Labute approximate surface area is 101 Å². The number of aliphatic imine (C=N–C) groups is 1. The molecule has 3 nitrogen and oxygen atoms in total. The summed E-state index contributed by atoms with van der Waals surface area (Å²) >= 11 is 0. The number of pyridine rings is 1. The Morgan fingerprint density at radius 1 is 1.65 bits per heavy atom. The zero-order valence-corrected chi connectivity index (χ0v) is 10.1. The molecule has 0 aromatic carbocycles. The van der Waals surface area contributed by atoms with Gasteiger partial charge in [0, 0.05) is 30.7 Å². The maximum absolute atomic E-state index is 13.3. The predicted molar refractivity (Wildman–Crippen MR) is 68.3 cm³/mol. The predicted octanol–water partition coefficient (Wildman–Crippen LogP) is 2.47. The Morgan fingerprint density at radius 2 is 2.41 bits per heavy atom. The highest BCUT2D eigenvalue weighted by molar-refractivity contribution is 5.83. The largest absolute Gasteiger partial charge is 0.379 e. The number of allylic oxidation sites excluding steroid dienone is 2. The van der Waals surface area contributed by atoms with Crippen LogP contribution in [0.5, 0.6) is 0 Å². The minimum atomic E-state index is -0.320. The average molecular weight is 233 g/mol. The molecule has 0 aliphatic rings. The van der Waals surface area contributed by atoms with Crippen molar-refractivity contribution < 1.29 is 4.39 Å². The monoisotopic (exact) mass is 233 g/mol. The second kappa shape index (κ2) is 6.58. The molecule has 0 saturated heterocycles. The fourth-order valence-electron chi connectivity index (χ4n) is 1.31. The highest BCUT2D eigenvalue weighted by Gasteiger charge is 2.03. The van der Waals surface area contributed by atoms with Crippen molar-refractivity contribution >= 4 is 6.21 Å². The lowest BCUT2D eigenvalue weighted by atomic mass is 10.2. The van der Waals surface area contributed by atoms with Gasteiger partial charge in [0.2, 0.25) is 0 Å². The van der Waals surface area contributed by atoms with Crippen LogP contribution in [0.3, 0.4) is 0 Å². The van der Waals surface area contributed by atoms with Gasteiger partial charge in [-0.3, -0.25) is 9.98 Å². The van der Waals surface area contributed by atoms with Crippen LogP contribution in [0.4, 0.5) is 4.39 Å². The number of hydrogen-bond acceptors (Lipinski definition) is 3. The molecule has 0 bridgehead atoms. The van der Waals surface area contributed by atoms with Crippen LogP contribution in [0.1, 0.15) is 12.6 Å². The van der Waals surface area contributed by atoms with Gasteiger partial charge in [-0.15, -0.1) is 0 Å². The van der Waals surface area contributed by atoms with Gasteiger partial charge in [0.15, 0.2) is 0 Å². The second-order valence-corrected chi connectivity index (χ2v) is 3.40. The summed E-state index contributed by atoms with van der Waals surface area (Å²) in [7, 11) is 1.69. The molecule has 0 unspecified atom stereocenters. The molecule has 1 aromatic rings. The van der Waals surface area contributed by atoms with Crippen molar-refractivity contribution in [2.24, 2.45) is 4.99 Å². The number of hydrogen-bond donors (Lipinski definition) is 1. The van der Waals surface area contributed by atoms with Crippen LogP contribution in [0, 0.1) is 5.82 Å². The van der Waals surface area contributed by atoms with Gasteiger partial charge in [-0.05, 0) is 19.1 Å². The third kappa shape index (κ3) is 3.83. The van der Waals surface area contributed by atoms with Gasteiger partial charge in [-0.1, -0.05) is 12.7 Å². The summed E-state index contributed by atoms with van der Waals surface area (Å²) < 4.78 is 13.3. The first kappa shape index (κ1) is 13.1. The molecule has 1 aromatic heterocycles. The maximum Gasteiger partial charge on any atom is 0.146 e. The molecule has 0 fully saturated rings. The highest BCUT2D eigenvalue weighted by Crippen LogP contribution is 2.06. The summed E-state index contributed by atoms with van der Waals surface area (Å²) in [4.78, 5) is 7.87. The Morgan fingerprint density at radius 3 is 3.00 bits per heavy atom. The third-order valence-electron chi connectivity index (χ3n) is 2.23. The van der Waals surface area contributed by atoms with Gasteiger partial charge < -0.3 is 5.32 Å². The lowest BCUT2D eigenvalue weighted by Crippen LogP contribution is -2.16. The zero-order chi connectivity index (χ0) is 12.7.